The third-order valence-electron chi connectivity index (χ3n) is 3.09. The number of nitriles is 1. The number of benzene rings is 1. The van der Waals surface area contributed by atoms with Crippen molar-refractivity contribution in [2.75, 3.05) is 0 Å². The highest BCUT2D eigenvalue weighted by Crippen LogP contribution is 2.19. The van der Waals surface area contributed by atoms with Crippen molar-refractivity contribution in [3.63, 3.8) is 0 Å². The summed E-state index contributed by atoms with van der Waals surface area (Å²) in [6.07, 6.45) is 0.954. The van der Waals surface area contributed by atoms with E-state index in [-0.39, 0.29) is 0 Å². The Kier molecular flexibility index (Phi) is 3.20. The van der Waals surface area contributed by atoms with Gasteiger partial charge in [-0.15, -0.1) is 11.3 Å². The average molecular weight is 285 g/mol. The van der Waals surface area contributed by atoms with Crippen molar-refractivity contribution in [1.29, 1.82) is 5.26 Å². The number of fused-ring (bicyclic) bond motifs is 1. The summed E-state index contributed by atoms with van der Waals surface area (Å²) in [5.74, 6) is 0. The molecule has 0 fully saturated rings. The van der Waals surface area contributed by atoms with Gasteiger partial charge in [-0.2, -0.15) is 5.26 Å². The first kappa shape index (κ1) is 12.2. The quantitative estimate of drug-likeness (QED) is 0.742. The van der Waals surface area contributed by atoms with Gasteiger partial charge in [0.15, 0.2) is 4.77 Å². The van der Waals surface area contributed by atoms with E-state index >= 15 is 0 Å². The number of imidazole rings is 1. The molecule has 94 valence electrons. The van der Waals surface area contributed by atoms with E-state index in [1.807, 2.05) is 12.1 Å². The number of hydrogen-bond donors (Lipinski definition) is 1. The zero-order chi connectivity index (χ0) is 13.2. The molecule has 0 radical (unpaired) electrons. The zero-order valence-corrected chi connectivity index (χ0v) is 11.7. The van der Waals surface area contributed by atoms with Crippen molar-refractivity contribution < 1.29 is 0 Å². The molecule has 2 aromatic heterocycles. The van der Waals surface area contributed by atoms with Crippen molar-refractivity contribution in [1.82, 2.24) is 9.55 Å². The van der Waals surface area contributed by atoms with Crippen molar-refractivity contribution in [3.05, 3.63) is 50.9 Å². The van der Waals surface area contributed by atoms with Crippen LogP contribution >= 0.6 is 23.6 Å². The number of hydrogen-bond acceptors (Lipinski definition) is 3. The lowest BCUT2D eigenvalue weighted by Crippen LogP contribution is -2.00. The van der Waals surface area contributed by atoms with Gasteiger partial charge in [0, 0.05) is 11.4 Å². The Morgan fingerprint density at radius 2 is 2.21 bits per heavy atom. The number of nitrogens with zero attached hydrogens (tertiary/aromatic N) is 2. The highest BCUT2D eigenvalue weighted by molar-refractivity contribution is 7.71. The van der Waals surface area contributed by atoms with Crippen LogP contribution in [0.25, 0.3) is 11.0 Å². The SMILES string of the molecule is N#Cc1cccc2c1[nH]c(=S)n2CCc1cccs1. The van der Waals surface area contributed by atoms with E-state index in [2.05, 4.69) is 33.1 Å². The zero-order valence-electron chi connectivity index (χ0n) is 10.1. The normalized spacial score (nSPS) is 10.7. The van der Waals surface area contributed by atoms with E-state index in [4.69, 9.17) is 17.5 Å². The van der Waals surface area contributed by atoms with Gasteiger partial charge in [-0.1, -0.05) is 12.1 Å². The van der Waals surface area contributed by atoms with Crippen molar-refractivity contribution >= 4 is 34.6 Å². The molecule has 0 saturated heterocycles. The maximum atomic E-state index is 9.10. The second-order valence-corrected chi connectivity index (χ2v) is 5.64. The maximum Gasteiger partial charge on any atom is 0.178 e. The largest absolute Gasteiger partial charge is 0.329 e. The number of thiophene rings is 1. The number of aryl methyl sites for hydroxylation is 2. The summed E-state index contributed by atoms with van der Waals surface area (Å²) >= 11 is 7.11. The summed E-state index contributed by atoms with van der Waals surface area (Å²) in [4.78, 5) is 4.48. The van der Waals surface area contributed by atoms with Crippen LogP contribution in [0.4, 0.5) is 0 Å². The Hall–Kier alpha value is -1.90. The van der Waals surface area contributed by atoms with E-state index < -0.39 is 0 Å². The number of para-hydroxylation sites is 1. The third-order valence-corrected chi connectivity index (χ3v) is 4.35. The summed E-state index contributed by atoms with van der Waals surface area (Å²) in [7, 11) is 0. The molecule has 3 nitrogen and oxygen atoms in total. The summed E-state index contributed by atoms with van der Waals surface area (Å²) < 4.78 is 2.74. The minimum atomic E-state index is 0.637. The van der Waals surface area contributed by atoms with Gasteiger partial charge < -0.3 is 9.55 Å². The van der Waals surface area contributed by atoms with Crippen molar-refractivity contribution in [3.8, 4) is 6.07 Å². The topological polar surface area (TPSA) is 44.5 Å². The van der Waals surface area contributed by atoms with E-state index in [0.717, 1.165) is 24.0 Å². The molecule has 0 bridgehead atoms. The number of aromatic amines is 1. The van der Waals surface area contributed by atoms with Gasteiger partial charge >= 0.3 is 0 Å². The molecule has 0 amide bonds. The fourth-order valence-electron chi connectivity index (χ4n) is 2.17. The second-order valence-electron chi connectivity index (χ2n) is 4.22. The Labute approximate surface area is 119 Å². The molecule has 2 heterocycles. The number of H-pyrrole nitrogens is 1. The van der Waals surface area contributed by atoms with Crippen molar-refractivity contribution in [2.24, 2.45) is 0 Å². The lowest BCUT2D eigenvalue weighted by molar-refractivity contribution is 0.712. The fraction of sp³-hybridized carbons (Fsp3) is 0.143. The maximum absolute atomic E-state index is 9.10. The minimum absolute atomic E-state index is 0.637. The molecule has 1 aromatic carbocycles. The highest BCUT2D eigenvalue weighted by atomic mass is 32.1. The molecular formula is C14H11N3S2. The van der Waals surface area contributed by atoms with Crippen LogP contribution < -0.4 is 0 Å². The molecule has 0 atom stereocenters. The standard InChI is InChI=1S/C14H11N3S2/c15-9-10-3-1-5-12-13(10)16-14(18)17(12)7-6-11-4-2-8-19-11/h1-5,8H,6-7H2,(H,16,18). The Balaban J connectivity index is 2.02. The van der Waals surface area contributed by atoms with Crippen molar-refractivity contribution in [2.45, 2.75) is 13.0 Å². The van der Waals surface area contributed by atoms with Gasteiger partial charge in [-0.05, 0) is 42.2 Å². The summed E-state index contributed by atoms with van der Waals surface area (Å²) in [6, 6.07) is 12.1. The van der Waals surface area contributed by atoms with Crippen LogP contribution in [0.2, 0.25) is 0 Å². The number of rotatable bonds is 3. The fourth-order valence-corrected chi connectivity index (χ4v) is 3.16. The van der Waals surface area contributed by atoms with Crippen LogP contribution in [0.3, 0.4) is 0 Å². The molecule has 5 heteroatoms. The number of aromatic nitrogens is 2. The van der Waals surface area contributed by atoms with Gasteiger partial charge in [0.1, 0.15) is 6.07 Å². The third kappa shape index (κ3) is 2.21. The van der Waals surface area contributed by atoms with Crippen LogP contribution in [-0.2, 0) is 13.0 Å². The average Bonchev–Trinajstić information content (AvgIpc) is 3.03. The first-order valence-electron chi connectivity index (χ1n) is 5.93. The van der Waals surface area contributed by atoms with E-state index in [1.54, 1.807) is 17.4 Å². The molecule has 0 unspecified atom stereocenters. The Morgan fingerprint density at radius 3 is 2.95 bits per heavy atom. The lowest BCUT2D eigenvalue weighted by Gasteiger charge is -2.03. The number of nitrogens with one attached hydrogen (secondary N) is 1. The van der Waals surface area contributed by atoms with Gasteiger partial charge in [0.2, 0.25) is 0 Å². The first-order valence-corrected chi connectivity index (χ1v) is 7.22. The predicted molar refractivity (Wildman–Crippen MR) is 79.9 cm³/mol. The Bertz CT molecular complexity index is 803. The molecule has 0 aliphatic carbocycles. The van der Waals surface area contributed by atoms with Gasteiger partial charge in [0.05, 0.1) is 16.6 Å². The smallest absolute Gasteiger partial charge is 0.178 e. The lowest BCUT2D eigenvalue weighted by atomic mass is 10.2. The van der Waals surface area contributed by atoms with Crippen LogP contribution in [0, 0.1) is 16.1 Å². The molecule has 0 aliphatic rings. The molecule has 0 aliphatic heterocycles. The van der Waals surface area contributed by atoms with E-state index in [1.165, 1.54) is 4.88 Å². The Morgan fingerprint density at radius 1 is 1.32 bits per heavy atom. The summed E-state index contributed by atoms with van der Waals surface area (Å²) in [5, 5.41) is 11.2. The van der Waals surface area contributed by atoms with E-state index in [9.17, 15) is 0 Å². The van der Waals surface area contributed by atoms with Gasteiger partial charge in [-0.3, -0.25) is 0 Å². The second kappa shape index (κ2) is 5.00. The summed E-state index contributed by atoms with van der Waals surface area (Å²) in [5.41, 5.74) is 2.47. The first-order chi connectivity index (χ1) is 9.29. The predicted octanol–water partition coefficient (Wildman–Crippen LogP) is 3.87. The van der Waals surface area contributed by atoms with E-state index in [0.29, 0.717) is 10.3 Å². The van der Waals surface area contributed by atoms with Crippen LogP contribution in [0.15, 0.2) is 35.7 Å². The summed E-state index contributed by atoms with van der Waals surface area (Å²) in [6.45, 7) is 0.828. The molecule has 19 heavy (non-hydrogen) atoms. The van der Waals surface area contributed by atoms with Crippen LogP contribution in [0.1, 0.15) is 10.4 Å². The molecular weight excluding hydrogens is 274 g/mol. The van der Waals surface area contributed by atoms with Crippen LogP contribution in [-0.4, -0.2) is 9.55 Å². The van der Waals surface area contributed by atoms with Gasteiger partial charge in [0.25, 0.3) is 0 Å². The molecule has 0 saturated carbocycles. The molecule has 0 spiro atoms. The monoisotopic (exact) mass is 285 g/mol. The van der Waals surface area contributed by atoms with Crippen LogP contribution in [0.5, 0.6) is 0 Å². The minimum Gasteiger partial charge on any atom is -0.329 e. The molecule has 3 aromatic rings. The highest BCUT2D eigenvalue weighted by Gasteiger charge is 2.08. The molecule has 1 N–H and O–H groups in total. The molecule has 3 rings (SSSR count). The van der Waals surface area contributed by atoms with Gasteiger partial charge in [-0.25, -0.2) is 0 Å².